The number of nitrogens with one attached hydrogen (secondary N) is 1. The molecule has 1 fully saturated rings. The second kappa shape index (κ2) is 9.75. The number of sulfonamides is 1. The molecule has 1 saturated heterocycles. The third kappa shape index (κ3) is 5.29. The van der Waals surface area contributed by atoms with Gasteiger partial charge in [-0.3, -0.25) is 4.79 Å². The Morgan fingerprint density at radius 1 is 1.13 bits per heavy atom. The summed E-state index contributed by atoms with van der Waals surface area (Å²) in [6, 6.07) is 13.4. The van der Waals surface area contributed by atoms with Crippen LogP contribution in [-0.4, -0.2) is 31.7 Å². The fourth-order valence-corrected chi connectivity index (χ4v) is 5.71. The van der Waals surface area contributed by atoms with Gasteiger partial charge in [-0.25, -0.2) is 8.42 Å². The molecule has 1 amide bonds. The van der Waals surface area contributed by atoms with Crippen LogP contribution in [0.15, 0.2) is 47.4 Å². The maximum absolute atomic E-state index is 13.2. The van der Waals surface area contributed by atoms with Crippen LogP contribution < -0.4 is 5.32 Å². The van der Waals surface area contributed by atoms with Crippen LogP contribution in [0.3, 0.4) is 0 Å². The maximum atomic E-state index is 13.2. The number of hydrogen-bond acceptors (Lipinski definition) is 3. The molecule has 2 aromatic rings. The number of carbonyl (C=O) groups is 1. The van der Waals surface area contributed by atoms with E-state index in [1.165, 1.54) is 9.87 Å². The molecule has 30 heavy (non-hydrogen) atoms. The molecule has 0 spiro atoms. The molecule has 0 aliphatic carbocycles. The van der Waals surface area contributed by atoms with Gasteiger partial charge >= 0.3 is 0 Å². The van der Waals surface area contributed by atoms with E-state index in [1.54, 1.807) is 6.07 Å². The molecule has 1 aliphatic heterocycles. The molecular weight excluding hydrogens is 396 g/mol. The maximum Gasteiger partial charge on any atom is 0.243 e. The van der Waals surface area contributed by atoms with Crippen LogP contribution in [0.1, 0.15) is 49.3 Å². The lowest BCUT2D eigenvalue weighted by atomic mass is 9.98. The molecule has 0 aromatic heterocycles. The molecule has 1 N–H and O–H groups in total. The van der Waals surface area contributed by atoms with Crippen LogP contribution in [0.5, 0.6) is 0 Å². The molecular formula is C24H32N2O3S. The van der Waals surface area contributed by atoms with Crippen LogP contribution in [0.2, 0.25) is 0 Å². The Bertz CT molecular complexity index is 984. The molecule has 1 heterocycles. The monoisotopic (exact) mass is 428 g/mol. The topological polar surface area (TPSA) is 66.5 Å². The summed E-state index contributed by atoms with van der Waals surface area (Å²) in [6.45, 7) is 6.54. The zero-order chi connectivity index (χ0) is 21.7. The van der Waals surface area contributed by atoms with Gasteiger partial charge in [-0.15, -0.1) is 0 Å². The number of amides is 1. The fourth-order valence-electron chi connectivity index (χ4n) is 3.88. The number of unbranched alkanes of at least 4 members (excludes halogenated alkanes) is 1. The van der Waals surface area contributed by atoms with Gasteiger partial charge in [-0.05, 0) is 74.4 Å². The first kappa shape index (κ1) is 22.5. The molecule has 0 radical (unpaired) electrons. The van der Waals surface area contributed by atoms with Crippen molar-refractivity contribution in [3.63, 3.8) is 0 Å². The van der Waals surface area contributed by atoms with Gasteiger partial charge in [-0.2, -0.15) is 4.31 Å². The van der Waals surface area contributed by atoms with Gasteiger partial charge in [-0.1, -0.05) is 37.6 Å². The molecule has 0 unspecified atom stereocenters. The average Bonchev–Trinajstić information content (AvgIpc) is 2.75. The second-order valence-electron chi connectivity index (χ2n) is 8.26. The summed E-state index contributed by atoms with van der Waals surface area (Å²) >= 11 is 0. The third-order valence-electron chi connectivity index (χ3n) is 5.76. The Kier molecular flexibility index (Phi) is 7.32. The van der Waals surface area contributed by atoms with Gasteiger partial charge in [0.2, 0.25) is 15.9 Å². The van der Waals surface area contributed by atoms with Crippen LogP contribution in [0, 0.1) is 19.8 Å². The summed E-state index contributed by atoms with van der Waals surface area (Å²) < 4.78 is 27.9. The minimum Gasteiger partial charge on any atom is -0.326 e. The standard InChI is InChI=1S/C24H32N2O3S/c1-4-5-7-20-11-13-22(14-12-20)25-24(27)21-8-6-15-26(17-21)30(28,29)23-16-18(2)9-10-19(23)3/h9-14,16,21H,4-8,15,17H2,1-3H3,(H,25,27)/t21-/m1/s1. The third-order valence-corrected chi connectivity index (χ3v) is 7.76. The van der Waals surface area contributed by atoms with Gasteiger partial charge in [0, 0.05) is 18.8 Å². The molecule has 5 nitrogen and oxygen atoms in total. The van der Waals surface area contributed by atoms with Crippen molar-refractivity contribution in [2.75, 3.05) is 18.4 Å². The second-order valence-corrected chi connectivity index (χ2v) is 10.2. The predicted molar refractivity (Wildman–Crippen MR) is 121 cm³/mol. The predicted octanol–water partition coefficient (Wildman–Crippen LogP) is 4.69. The zero-order valence-electron chi connectivity index (χ0n) is 18.1. The lowest BCUT2D eigenvalue weighted by Crippen LogP contribution is -2.43. The molecule has 0 saturated carbocycles. The van der Waals surface area contributed by atoms with Crippen molar-refractivity contribution in [1.29, 1.82) is 0 Å². The summed E-state index contributed by atoms with van der Waals surface area (Å²) in [5, 5.41) is 2.97. The zero-order valence-corrected chi connectivity index (χ0v) is 19.0. The van der Waals surface area contributed by atoms with Gasteiger partial charge in [0.1, 0.15) is 0 Å². The average molecular weight is 429 g/mol. The van der Waals surface area contributed by atoms with E-state index in [1.807, 2.05) is 50.2 Å². The molecule has 6 heteroatoms. The first-order valence-corrected chi connectivity index (χ1v) is 12.2. The van der Waals surface area contributed by atoms with Crippen LogP contribution in [-0.2, 0) is 21.2 Å². The number of hydrogen-bond donors (Lipinski definition) is 1. The molecule has 2 aromatic carbocycles. The highest BCUT2D eigenvalue weighted by Gasteiger charge is 2.34. The number of rotatable bonds is 7. The number of nitrogens with zero attached hydrogens (tertiary/aromatic N) is 1. The van der Waals surface area contributed by atoms with Crippen molar-refractivity contribution in [1.82, 2.24) is 4.31 Å². The summed E-state index contributed by atoms with van der Waals surface area (Å²) in [4.78, 5) is 13.2. The quantitative estimate of drug-likeness (QED) is 0.696. The molecule has 162 valence electrons. The Morgan fingerprint density at radius 2 is 1.87 bits per heavy atom. The molecule has 0 bridgehead atoms. The Hall–Kier alpha value is -2.18. The summed E-state index contributed by atoms with van der Waals surface area (Å²) in [6.07, 6.45) is 4.72. The van der Waals surface area contributed by atoms with Crippen molar-refractivity contribution < 1.29 is 13.2 Å². The molecule has 1 atom stereocenters. The van der Waals surface area contributed by atoms with Crippen molar-refractivity contribution in [2.24, 2.45) is 5.92 Å². The number of aryl methyl sites for hydroxylation is 3. The van der Waals surface area contributed by atoms with Crippen LogP contribution in [0.4, 0.5) is 5.69 Å². The van der Waals surface area contributed by atoms with E-state index < -0.39 is 10.0 Å². The number of anilines is 1. The summed E-state index contributed by atoms with van der Waals surface area (Å²) in [5.41, 5.74) is 3.66. The van der Waals surface area contributed by atoms with E-state index in [0.29, 0.717) is 24.3 Å². The van der Waals surface area contributed by atoms with Crippen molar-refractivity contribution >= 4 is 21.6 Å². The SMILES string of the molecule is CCCCc1ccc(NC(=O)[C@@H]2CCCN(S(=O)(=O)c3cc(C)ccc3C)C2)cc1. The Labute approximate surface area is 180 Å². The van der Waals surface area contributed by atoms with Crippen LogP contribution in [0.25, 0.3) is 0 Å². The smallest absolute Gasteiger partial charge is 0.243 e. The fraction of sp³-hybridized carbons (Fsp3) is 0.458. The highest BCUT2D eigenvalue weighted by molar-refractivity contribution is 7.89. The first-order chi connectivity index (χ1) is 14.3. The lowest BCUT2D eigenvalue weighted by Gasteiger charge is -2.31. The summed E-state index contributed by atoms with van der Waals surface area (Å²) in [5.74, 6) is -0.462. The highest BCUT2D eigenvalue weighted by Crippen LogP contribution is 2.27. The highest BCUT2D eigenvalue weighted by atomic mass is 32.2. The Balaban J connectivity index is 1.68. The number of piperidine rings is 1. The van der Waals surface area contributed by atoms with E-state index in [-0.39, 0.29) is 18.4 Å². The molecule has 3 rings (SSSR count). The van der Waals surface area contributed by atoms with E-state index in [0.717, 1.165) is 36.1 Å². The first-order valence-electron chi connectivity index (χ1n) is 10.8. The van der Waals surface area contributed by atoms with E-state index >= 15 is 0 Å². The van der Waals surface area contributed by atoms with Crippen molar-refractivity contribution in [3.05, 3.63) is 59.2 Å². The van der Waals surface area contributed by atoms with Gasteiger partial charge < -0.3 is 5.32 Å². The van der Waals surface area contributed by atoms with Gasteiger partial charge in [0.05, 0.1) is 10.8 Å². The molecule has 1 aliphatic rings. The Morgan fingerprint density at radius 3 is 2.57 bits per heavy atom. The van der Waals surface area contributed by atoms with Crippen molar-refractivity contribution in [3.8, 4) is 0 Å². The lowest BCUT2D eigenvalue weighted by molar-refractivity contribution is -0.120. The van der Waals surface area contributed by atoms with Gasteiger partial charge in [0.15, 0.2) is 0 Å². The number of carbonyl (C=O) groups excluding carboxylic acids is 1. The summed E-state index contributed by atoms with van der Waals surface area (Å²) in [7, 11) is -3.62. The van der Waals surface area contributed by atoms with Crippen LogP contribution >= 0.6 is 0 Å². The minimum atomic E-state index is -3.62. The largest absolute Gasteiger partial charge is 0.326 e. The minimum absolute atomic E-state index is 0.114. The van der Waals surface area contributed by atoms with E-state index in [9.17, 15) is 13.2 Å². The van der Waals surface area contributed by atoms with E-state index in [2.05, 4.69) is 12.2 Å². The number of benzene rings is 2. The van der Waals surface area contributed by atoms with Gasteiger partial charge in [0.25, 0.3) is 0 Å². The van der Waals surface area contributed by atoms with Crippen molar-refractivity contribution in [2.45, 2.75) is 57.8 Å². The normalized spacial score (nSPS) is 17.6. The van der Waals surface area contributed by atoms with E-state index in [4.69, 9.17) is 0 Å².